The van der Waals surface area contributed by atoms with Crippen LogP contribution >= 0.6 is 0 Å². The largest absolute Gasteiger partial charge is 0.398 e. The summed E-state index contributed by atoms with van der Waals surface area (Å²) < 4.78 is 26.0. The van der Waals surface area contributed by atoms with Gasteiger partial charge in [-0.2, -0.15) is 4.31 Å². The van der Waals surface area contributed by atoms with Gasteiger partial charge in [-0.1, -0.05) is 0 Å². The molecule has 0 atom stereocenters. The highest BCUT2D eigenvalue weighted by Crippen LogP contribution is 2.27. The predicted octanol–water partition coefficient (Wildman–Crippen LogP) is 0.568. The lowest BCUT2D eigenvalue weighted by Crippen LogP contribution is -2.39. The normalized spacial score (nSPS) is 12.1. The van der Waals surface area contributed by atoms with Crippen LogP contribution in [0.5, 0.6) is 0 Å². The summed E-state index contributed by atoms with van der Waals surface area (Å²) in [5, 5.41) is 19.7. The summed E-state index contributed by atoms with van der Waals surface area (Å²) in [5.41, 5.74) is 5.19. The molecule has 0 aliphatic carbocycles. The molecule has 0 saturated heterocycles. The van der Waals surface area contributed by atoms with Crippen LogP contribution in [0.3, 0.4) is 0 Å². The molecule has 0 aliphatic rings. The Balaban J connectivity index is 3.40. The van der Waals surface area contributed by atoms with Crippen molar-refractivity contribution in [3.63, 3.8) is 0 Å². The van der Waals surface area contributed by atoms with Crippen molar-refractivity contribution in [1.29, 1.82) is 0 Å². The second-order valence-corrected chi connectivity index (χ2v) is 6.27. The van der Waals surface area contributed by atoms with Crippen LogP contribution < -0.4 is 5.73 Å². The summed E-state index contributed by atoms with van der Waals surface area (Å²) in [5.74, 6) is 0. The van der Waals surface area contributed by atoms with Gasteiger partial charge in [-0.15, -0.1) is 0 Å². The van der Waals surface area contributed by atoms with Gasteiger partial charge in [-0.05, 0) is 19.9 Å². The van der Waals surface area contributed by atoms with Gasteiger partial charge in [-0.25, -0.2) is 8.42 Å². The molecule has 0 heterocycles. The summed E-state index contributed by atoms with van der Waals surface area (Å²) in [4.78, 5) is 9.72. The molecule has 8 nitrogen and oxygen atoms in total. The predicted molar refractivity (Wildman–Crippen MR) is 73.6 cm³/mol. The molecule has 1 aromatic carbocycles. The van der Waals surface area contributed by atoms with Crippen molar-refractivity contribution in [2.24, 2.45) is 0 Å². The van der Waals surface area contributed by atoms with Gasteiger partial charge in [0.2, 0.25) is 10.0 Å². The van der Waals surface area contributed by atoms with Crippen LogP contribution in [0.15, 0.2) is 23.1 Å². The summed E-state index contributed by atoms with van der Waals surface area (Å²) in [7, 11) is -4.01. The third kappa shape index (κ3) is 3.24. The number of benzene rings is 1. The van der Waals surface area contributed by atoms with Crippen LogP contribution in [0.2, 0.25) is 0 Å². The number of aliphatic hydroxyl groups excluding tert-OH is 1. The second kappa shape index (κ2) is 6.16. The lowest BCUT2D eigenvalue weighted by molar-refractivity contribution is -0.385. The standard InChI is InChI=1S/C11H17N3O5S/c1-8(2)13(5-6-15)20(18,19)11-7-9(14(16)17)3-4-10(11)12/h3-4,7-8,15H,5-6,12H2,1-2H3. The maximum atomic E-state index is 12.5. The number of nitro benzene ring substituents is 1. The van der Waals surface area contributed by atoms with Crippen LogP contribution in [0.25, 0.3) is 0 Å². The van der Waals surface area contributed by atoms with Crippen molar-refractivity contribution in [1.82, 2.24) is 4.31 Å². The molecule has 1 rings (SSSR count). The fourth-order valence-electron chi connectivity index (χ4n) is 1.74. The SMILES string of the molecule is CC(C)N(CCO)S(=O)(=O)c1cc([N+](=O)[O-])ccc1N. The smallest absolute Gasteiger partial charge is 0.270 e. The van der Waals surface area contributed by atoms with Crippen LogP contribution in [0.1, 0.15) is 13.8 Å². The van der Waals surface area contributed by atoms with Crippen LogP contribution in [0.4, 0.5) is 11.4 Å². The van der Waals surface area contributed by atoms with Gasteiger partial charge >= 0.3 is 0 Å². The van der Waals surface area contributed by atoms with E-state index in [4.69, 9.17) is 10.8 Å². The number of nitrogen functional groups attached to an aromatic ring is 1. The molecule has 0 saturated carbocycles. The summed E-state index contributed by atoms with van der Waals surface area (Å²) >= 11 is 0. The molecule has 112 valence electrons. The van der Waals surface area contributed by atoms with E-state index < -0.39 is 21.0 Å². The summed E-state index contributed by atoms with van der Waals surface area (Å²) in [6, 6.07) is 2.84. The molecule has 20 heavy (non-hydrogen) atoms. The maximum Gasteiger partial charge on any atom is 0.270 e. The topological polar surface area (TPSA) is 127 Å². The van der Waals surface area contributed by atoms with Gasteiger partial charge in [0, 0.05) is 24.7 Å². The first-order valence-electron chi connectivity index (χ1n) is 5.88. The number of sulfonamides is 1. The summed E-state index contributed by atoms with van der Waals surface area (Å²) in [6.45, 7) is 2.82. The van der Waals surface area contributed by atoms with Crippen LogP contribution in [-0.4, -0.2) is 41.9 Å². The third-order valence-corrected chi connectivity index (χ3v) is 4.82. The molecule has 0 spiro atoms. The zero-order valence-corrected chi connectivity index (χ0v) is 12.0. The van der Waals surface area contributed by atoms with Crippen molar-refractivity contribution in [3.8, 4) is 0 Å². The Morgan fingerprint density at radius 3 is 2.50 bits per heavy atom. The molecule has 0 unspecified atom stereocenters. The number of anilines is 1. The van der Waals surface area contributed by atoms with E-state index in [0.29, 0.717) is 0 Å². The van der Waals surface area contributed by atoms with E-state index in [-0.39, 0.29) is 29.4 Å². The van der Waals surface area contributed by atoms with Gasteiger partial charge < -0.3 is 10.8 Å². The first-order chi connectivity index (χ1) is 9.21. The number of nitro groups is 1. The van der Waals surface area contributed by atoms with Gasteiger partial charge in [0.25, 0.3) is 5.69 Å². The van der Waals surface area contributed by atoms with Gasteiger partial charge in [0.15, 0.2) is 0 Å². The first-order valence-corrected chi connectivity index (χ1v) is 7.32. The van der Waals surface area contributed by atoms with E-state index >= 15 is 0 Å². The molecule has 0 aromatic heterocycles. The van der Waals surface area contributed by atoms with E-state index in [1.165, 1.54) is 6.07 Å². The molecular formula is C11H17N3O5S. The molecule has 0 aliphatic heterocycles. The molecule has 0 bridgehead atoms. The monoisotopic (exact) mass is 303 g/mol. The molecule has 0 fully saturated rings. The molecule has 0 radical (unpaired) electrons. The molecule has 1 aromatic rings. The van der Waals surface area contributed by atoms with Gasteiger partial charge in [0.05, 0.1) is 17.2 Å². The number of nitrogens with two attached hydrogens (primary N) is 1. The molecule has 0 amide bonds. The van der Waals surface area contributed by atoms with E-state index in [9.17, 15) is 18.5 Å². The second-order valence-electron chi connectivity index (χ2n) is 4.41. The maximum absolute atomic E-state index is 12.5. The van der Waals surface area contributed by atoms with E-state index in [1.807, 2.05) is 0 Å². The lowest BCUT2D eigenvalue weighted by Gasteiger charge is -2.25. The Bertz CT molecular complexity index is 600. The van der Waals surface area contributed by atoms with Gasteiger partial charge in [-0.3, -0.25) is 10.1 Å². The zero-order valence-electron chi connectivity index (χ0n) is 11.2. The van der Waals surface area contributed by atoms with Crippen LogP contribution in [-0.2, 0) is 10.0 Å². The van der Waals surface area contributed by atoms with Crippen LogP contribution in [0, 0.1) is 10.1 Å². The number of aliphatic hydroxyl groups is 1. The first kappa shape index (κ1) is 16.3. The number of nitrogens with zero attached hydrogens (tertiary/aromatic N) is 2. The highest BCUT2D eigenvalue weighted by molar-refractivity contribution is 7.89. The lowest BCUT2D eigenvalue weighted by atomic mass is 10.3. The quantitative estimate of drug-likeness (QED) is 0.449. The number of hydrogen-bond acceptors (Lipinski definition) is 6. The Labute approximate surface area is 117 Å². The minimum absolute atomic E-state index is 0.0702. The fourth-order valence-corrected chi connectivity index (χ4v) is 3.51. The van der Waals surface area contributed by atoms with Gasteiger partial charge in [0.1, 0.15) is 4.90 Å². The Morgan fingerprint density at radius 1 is 1.45 bits per heavy atom. The van der Waals surface area contributed by atoms with Crippen molar-refractivity contribution in [3.05, 3.63) is 28.3 Å². The average Bonchev–Trinajstić information content (AvgIpc) is 2.35. The highest BCUT2D eigenvalue weighted by atomic mass is 32.2. The number of non-ortho nitro benzene ring substituents is 1. The minimum atomic E-state index is -4.01. The molecule has 9 heteroatoms. The Hall–Kier alpha value is -1.71. The molecule has 3 N–H and O–H groups in total. The number of hydrogen-bond donors (Lipinski definition) is 2. The van der Waals surface area contributed by atoms with Crippen molar-refractivity contribution in [2.75, 3.05) is 18.9 Å². The number of rotatable bonds is 6. The summed E-state index contributed by atoms with van der Waals surface area (Å²) in [6.07, 6.45) is 0. The third-order valence-electron chi connectivity index (χ3n) is 2.69. The Morgan fingerprint density at radius 2 is 2.05 bits per heavy atom. The highest BCUT2D eigenvalue weighted by Gasteiger charge is 2.29. The Kier molecular flexibility index (Phi) is 5.03. The average molecular weight is 303 g/mol. The zero-order chi connectivity index (χ0) is 15.5. The minimum Gasteiger partial charge on any atom is -0.398 e. The van der Waals surface area contributed by atoms with Crippen molar-refractivity contribution >= 4 is 21.4 Å². The van der Waals surface area contributed by atoms with E-state index in [0.717, 1.165) is 16.4 Å². The van der Waals surface area contributed by atoms with E-state index in [1.54, 1.807) is 13.8 Å². The fraction of sp³-hybridized carbons (Fsp3) is 0.455. The van der Waals surface area contributed by atoms with E-state index in [2.05, 4.69) is 0 Å². The molecular weight excluding hydrogens is 286 g/mol. The van der Waals surface area contributed by atoms with Crippen molar-refractivity contribution in [2.45, 2.75) is 24.8 Å². The van der Waals surface area contributed by atoms with Crippen molar-refractivity contribution < 1.29 is 18.4 Å².